The van der Waals surface area contributed by atoms with E-state index in [2.05, 4.69) is 64.1 Å². The Balaban J connectivity index is 2.41. The van der Waals surface area contributed by atoms with Gasteiger partial charge in [-0.25, -0.2) is 0 Å². The summed E-state index contributed by atoms with van der Waals surface area (Å²) in [7, 11) is 0. The maximum atomic E-state index is 2.42. The molecule has 0 fully saturated rings. The van der Waals surface area contributed by atoms with Crippen molar-refractivity contribution in [3.05, 3.63) is 47.5 Å². The Hall–Kier alpha value is -1.34. The molecule has 2 aromatic carbocycles. The van der Waals surface area contributed by atoms with Gasteiger partial charge in [0, 0.05) is 20.2 Å². The monoisotopic (exact) mass is 268 g/mol. The number of aryl methyl sites for hydroxylation is 1. The lowest BCUT2D eigenvalue weighted by atomic mass is 9.82. The lowest BCUT2D eigenvalue weighted by molar-refractivity contribution is 0.584. The third kappa shape index (κ3) is 2.06. The molecule has 1 aromatic heterocycles. The summed E-state index contributed by atoms with van der Waals surface area (Å²) in [5.74, 6) is 0. The van der Waals surface area contributed by atoms with Gasteiger partial charge >= 0.3 is 0 Å². The van der Waals surface area contributed by atoms with Crippen LogP contribution in [-0.2, 0) is 11.8 Å². The van der Waals surface area contributed by atoms with E-state index in [1.54, 1.807) is 0 Å². The molecular formula is C18H20S. The molecule has 0 aliphatic rings. The van der Waals surface area contributed by atoms with Crippen LogP contribution in [0.5, 0.6) is 0 Å². The summed E-state index contributed by atoms with van der Waals surface area (Å²) in [5, 5.41) is 2.82. The van der Waals surface area contributed by atoms with Gasteiger partial charge in [-0.1, -0.05) is 45.9 Å². The van der Waals surface area contributed by atoms with Crippen molar-refractivity contribution in [2.45, 2.75) is 39.5 Å². The molecule has 3 aromatic rings. The molecule has 0 saturated heterocycles. The Morgan fingerprint density at radius 3 is 2.37 bits per heavy atom. The van der Waals surface area contributed by atoms with E-state index in [9.17, 15) is 0 Å². The minimum absolute atomic E-state index is 0.211. The van der Waals surface area contributed by atoms with E-state index in [0.717, 1.165) is 6.42 Å². The Bertz CT molecular complexity index is 741. The normalized spacial score (nSPS) is 12.4. The summed E-state index contributed by atoms with van der Waals surface area (Å²) in [5.41, 5.74) is 3.19. The van der Waals surface area contributed by atoms with E-state index in [1.807, 2.05) is 11.3 Å². The highest BCUT2D eigenvalue weighted by molar-refractivity contribution is 7.25. The van der Waals surface area contributed by atoms with E-state index < -0.39 is 0 Å². The van der Waals surface area contributed by atoms with Crippen LogP contribution in [0.2, 0.25) is 0 Å². The second kappa shape index (κ2) is 4.35. The number of hydrogen-bond acceptors (Lipinski definition) is 1. The van der Waals surface area contributed by atoms with E-state index in [0.29, 0.717) is 0 Å². The van der Waals surface area contributed by atoms with Crippen molar-refractivity contribution in [2.75, 3.05) is 0 Å². The van der Waals surface area contributed by atoms with E-state index >= 15 is 0 Å². The molecule has 0 radical (unpaired) electrons. The fraction of sp³-hybridized carbons (Fsp3) is 0.333. The number of thiophene rings is 1. The third-order valence-electron chi connectivity index (χ3n) is 3.79. The first-order valence-corrected chi connectivity index (χ1v) is 7.77. The van der Waals surface area contributed by atoms with Crippen molar-refractivity contribution < 1.29 is 0 Å². The molecule has 0 unspecified atom stereocenters. The number of rotatable bonds is 1. The van der Waals surface area contributed by atoms with Crippen LogP contribution in [0.15, 0.2) is 36.4 Å². The van der Waals surface area contributed by atoms with Gasteiger partial charge in [0.25, 0.3) is 0 Å². The Morgan fingerprint density at radius 2 is 1.68 bits per heavy atom. The van der Waals surface area contributed by atoms with Gasteiger partial charge in [-0.2, -0.15) is 0 Å². The van der Waals surface area contributed by atoms with Gasteiger partial charge in [-0.05, 0) is 41.2 Å². The minimum Gasteiger partial charge on any atom is -0.135 e. The molecule has 0 saturated carbocycles. The first-order chi connectivity index (χ1) is 9.00. The van der Waals surface area contributed by atoms with Crippen LogP contribution in [-0.4, -0.2) is 0 Å². The molecule has 0 spiro atoms. The van der Waals surface area contributed by atoms with Gasteiger partial charge in [0.1, 0.15) is 0 Å². The van der Waals surface area contributed by atoms with E-state index in [1.165, 1.54) is 31.3 Å². The van der Waals surface area contributed by atoms with Gasteiger partial charge in [-0.3, -0.25) is 0 Å². The Kier molecular flexibility index (Phi) is 2.90. The van der Waals surface area contributed by atoms with Crippen molar-refractivity contribution in [1.29, 1.82) is 0 Å². The molecule has 1 heterocycles. The van der Waals surface area contributed by atoms with Crippen molar-refractivity contribution in [2.24, 2.45) is 0 Å². The third-order valence-corrected chi connectivity index (χ3v) is 4.93. The molecular weight excluding hydrogens is 248 g/mol. The van der Waals surface area contributed by atoms with Gasteiger partial charge < -0.3 is 0 Å². The average molecular weight is 268 g/mol. The summed E-state index contributed by atoms with van der Waals surface area (Å²) in [4.78, 5) is 0. The standard InChI is InChI=1S/C18H20S/c1-5-12-10-17-14(11-15(12)18(2,3)4)13-8-6-7-9-16(13)19-17/h6-11H,5H2,1-4H3. The van der Waals surface area contributed by atoms with Crippen molar-refractivity contribution in [1.82, 2.24) is 0 Å². The van der Waals surface area contributed by atoms with Crippen LogP contribution in [0.1, 0.15) is 38.8 Å². The Labute approximate surface area is 119 Å². The minimum atomic E-state index is 0.211. The van der Waals surface area contributed by atoms with Crippen LogP contribution < -0.4 is 0 Å². The van der Waals surface area contributed by atoms with Gasteiger partial charge in [0.2, 0.25) is 0 Å². The lowest BCUT2D eigenvalue weighted by Crippen LogP contribution is -2.13. The van der Waals surface area contributed by atoms with Crippen LogP contribution in [0.3, 0.4) is 0 Å². The molecule has 98 valence electrons. The molecule has 19 heavy (non-hydrogen) atoms. The maximum absolute atomic E-state index is 2.42. The first kappa shape index (κ1) is 12.7. The number of fused-ring (bicyclic) bond motifs is 3. The summed E-state index contributed by atoms with van der Waals surface area (Å²) in [6.07, 6.45) is 1.11. The molecule has 0 aliphatic heterocycles. The molecule has 0 bridgehead atoms. The van der Waals surface area contributed by atoms with Gasteiger partial charge in [-0.15, -0.1) is 11.3 Å². The van der Waals surface area contributed by atoms with E-state index in [4.69, 9.17) is 0 Å². The van der Waals surface area contributed by atoms with Crippen molar-refractivity contribution in [3.8, 4) is 0 Å². The van der Waals surface area contributed by atoms with Crippen LogP contribution >= 0.6 is 11.3 Å². The number of hydrogen-bond donors (Lipinski definition) is 0. The fourth-order valence-corrected chi connectivity index (χ4v) is 3.96. The SMILES string of the molecule is CCc1cc2sc3ccccc3c2cc1C(C)(C)C. The predicted octanol–water partition coefficient (Wildman–Crippen LogP) is 5.91. The highest BCUT2D eigenvalue weighted by Crippen LogP contribution is 2.38. The van der Waals surface area contributed by atoms with E-state index in [-0.39, 0.29) is 5.41 Å². The largest absolute Gasteiger partial charge is 0.135 e. The molecule has 0 amide bonds. The van der Waals surface area contributed by atoms with Crippen LogP contribution in [0, 0.1) is 0 Å². The average Bonchev–Trinajstić information content (AvgIpc) is 2.73. The van der Waals surface area contributed by atoms with Crippen molar-refractivity contribution in [3.63, 3.8) is 0 Å². The summed E-state index contributed by atoms with van der Waals surface area (Å²) in [6.45, 7) is 9.18. The first-order valence-electron chi connectivity index (χ1n) is 6.95. The molecule has 0 aliphatic carbocycles. The summed E-state index contributed by atoms with van der Waals surface area (Å²) in [6, 6.07) is 13.6. The highest BCUT2D eigenvalue weighted by atomic mass is 32.1. The van der Waals surface area contributed by atoms with Crippen LogP contribution in [0.25, 0.3) is 20.2 Å². The van der Waals surface area contributed by atoms with Gasteiger partial charge in [0.05, 0.1) is 0 Å². The molecule has 3 rings (SSSR count). The van der Waals surface area contributed by atoms with Gasteiger partial charge in [0.15, 0.2) is 0 Å². The Morgan fingerprint density at radius 1 is 0.947 bits per heavy atom. The van der Waals surface area contributed by atoms with Crippen LogP contribution in [0.4, 0.5) is 0 Å². The summed E-state index contributed by atoms with van der Waals surface area (Å²) < 4.78 is 2.82. The van der Waals surface area contributed by atoms with Crippen molar-refractivity contribution >= 4 is 31.5 Å². The molecule has 0 N–H and O–H groups in total. The molecule has 1 heteroatoms. The number of benzene rings is 2. The fourth-order valence-electron chi connectivity index (χ4n) is 2.80. The molecule has 0 atom stereocenters. The smallest absolute Gasteiger partial charge is 0.0358 e. The summed E-state index contributed by atoms with van der Waals surface area (Å²) >= 11 is 1.91. The lowest BCUT2D eigenvalue weighted by Gasteiger charge is -2.23. The zero-order valence-corrected chi connectivity index (χ0v) is 12.9. The quantitative estimate of drug-likeness (QED) is 0.514. The topological polar surface area (TPSA) is 0 Å². The molecule has 0 nitrogen and oxygen atoms in total. The highest BCUT2D eigenvalue weighted by Gasteiger charge is 2.19. The zero-order valence-electron chi connectivity index (χ0n) is 12.1. The second-order valence-electron chi connectivity index (χ2n) is 6.21. The zero-order chi connectivity index (χ0) is 13.6. The second-order valence-corrected chi connectivity index (χ2v) is 7.29. The maximum Gasteiger partial charge on any atom is 0.0358 e. The predicted molar refractivity (Wildman–Crippen MR) is 87.4 cm³/mol.